The maximum atomic E-state index is 16.1. The van der Waals surface area contributed by atoms with Gasteiger partial charge in [0.25, 0.3) is 0 Å². The van der Waals surface area contributed by atoms with E-state index in [2.05, 4.69) is 0 Å². The number of carbonyl (C=O) groups is 6. The monoisotopic (exact) mass is 1000 g/mol. The van der Waals surface area contributed by atoms with Crippen LogP contribution in [0.1, 0.15) is 96.6 Å². The van der Waals surface area contributed by atoms with Crippen molar-refractivity contribution in [3.8, 4) is 0 Å². The number of rotatable bonds is 12. The molecule has 2 bridgehead atoms. The quantitative estimate of drug-likeness (QED) is 0.0783. The average Bonchev–Trinajstić information content (AvgIpc) is 3.53. The molecule has 2 aliphatic heterocycles. The van der Waals surface area contributed by atoms with Crippen LogP contribution < -0.4 is 0 Å². The molecule has 2 saturated heterocycles. The fourth-order valence-electron chi connectivity index (χ4n) is 11.7. The summed E-state index contributed by atoms with van der Waals surface area (Å²) in [5.74, 6) is -6.51. The van der Waals surface area contributed by atoms with Gasteiger partial charge in [-0.1, -0.05) is 53.0 Å². The van der Waals surface area contributed by atoms with Crippen LogP contribution in [0.4, 0.5) is 4.79 Å². The maximum absolute atomic E-state index is 16.1. The molecule has 2 heterocycles. The van der Waals surface area contributed by atoms with Crippen molar-refractivity contribution in [1.29, 1.82) is 0 Å². The van der Waals surface area contributed by atoms with Gasteiger partial charge in [-0.3, -0.25) is 9.59 Å². The van der Waals surface area contributed by atoms with Crippen molar-refractivity contribution < 1.29 is 71.7 Å². The number of allylic oxidation sites excluding steroid dienone is 1. The molecule has 5 aliphatic rings. The number of ether oxygens (including phenoxy) is 7. The number of carbonyl (C=O) groups excluding carboxylic acids is 6. The van der Waals surface area contributed by atoms with Crippen molar-refractivity contribution in [3.63, 3.8) is 0 Å². The molecule has 366 valence electrons. The third-order valence-corrected chi connectivity index (χ3v) is 15.2. The van der Waals surface area contributed by atoms with Gasteiger partial charge < -0.3 is 18.9 Å². The zero-order valence-electron chi connectivity index (χ0n) is 39.0. The summed E-state index contributed by atoms with van der Waals surface area (Å²) >= 11 is 17.7. The van der Waals surface area contributed by atoms with Crippen LogP contribution in [0.2, 0.25) is 0 Å². The van der Waals surface area contributed by atoms with Crippen LogP contribution in [0.15, 0.2) is 71.8 Å². The Balaban J connectivity index is 1.45. The van der Waals surface area contributed by atoms with E-state index >= 15 is 9.59 Å². The predicted molar refractivity (Wildman–Crippen MR) is 244 cm³/mol. The number of ketones is 2. The molecule has 4 fully saturated rings. The third kappa shape index (κ3) is 9.05. The van der Waals surface area contributed by atoms with Crippen LogP contribution in [-0.4, -0.2) is 124 Å². The molecule has 20 heteroatoms. The molecule has 2 aromatic rings. The average molecular weight is 1000 g/mol. The Morgan fingerprint density at radius 3 is 2.10 bits per heavy atom. The van der Waals surface area contributed by atoms with Gasteiger partial charge in [-0.05, 0) is 19.1 Å². The van der Waals surface area contributed by atoms with Gasteiger partial charge >= 0.3 is 246 Å². The summed E-state index contributed by atoms with van der Waals surface area (Å²) in [6.07, 6.45) is -9.87. The molecular weight excluding hydrogens is 948 g/mol. The standard InChI is InChI=1S/C48H55BCl3NO15/c1-25-30(19-31(56)36-35(28-15-11-9-12-16-28)53(24-49-61)44(6,7)68-36)21-47(60)40(66-41(58)29-17-13-10-14-18-29)38-45(8,39(57)37(64-26(2)54)34(25)43(47,4)5)32(65-42(59)63-23-48(50,51)52)20-33-46(38,22-62-33)67-27(3)55/h9-18,30,32-33,35-38,40,60H,19-24H2,1-8H3/t30-,32?,33?,35?,36?,37?,38?,40?,45+,46-,47?/m0/s1. The van der Waals surface area contributed by atoms with Crippen molar-refractivity contribution in [2.75, 3.05) is 19.7 Å². The molecule has 0 amide bonds. The number of Topliss-reactive ketones (excluding diaryl/α,β-unsaturated/α-hetero) is 2. The Morgan fingerprint density at radius 2 is 1.54 bits per heavy atom. The van der Waals surface area contributed by atoms with E-state index in [0.717, 1.165) is 21.0 Å². The first kappa shape index (κ1) is 51.6. The molecule has 0 radical (unpaired) electrons. The molecule has 1 N–H and O–H groups in total. The van der Waals surface area contributed by atoms with E-state index in [1.54, 1.807) is 57.7 Å². The summed E-state index contributed by atoms with van der Waals surface area (Å²) in [6, 6.07) is 16.3. The molecule has 3 aliphatic carbocycles. The fraction of sp³-hybridized carbons (Fsp3) is 0.583. The number of nitrogens with zero attached hydrogens (tertiary/aromatic N) is 1. The summed E-state index contributed by atoms with van der Waals surface area (Å²) in [6.45, 7) is 10.9. The first-order valence-electron chi connectivity index (χ1n) is 22.3. The van der Waals surface area contributed by atoms with Gasteiger partial charge in [0, 0.05) is 20.3 Å². The second kappa shape index (κ2) is 18.8. The van der Waals surface area contributed by atoms with Crippen LogP contribution in [0, 0.1) is 22.7 Å². The Labute approximate surface area is 409 Å². The van der Waals surface area contributed by atoms with E-state index in [1.807, 2.05) is 30.3 Å². The number of hydrogen-bond acceptors (Lipinski definition) is 16. The van der Waals surface area contributed by atoms with Gasteiger partial charge in [-0.15, -0.1) is 0 Å². The molecule has 0 spiro atoms. The Hall–Kier alpha value is -4.23. The number of benzene rings is 2. The van der Waals surface area contributed by atoms with E-state index in [-0.39, 0.29) is 43.5 Å². The molecule has 68 heavy (non-hydrogen) atoms. The van der Waals surface area contributed by atoms with E-state index in [0.29, 0.717) is 11.1 Å². The van der Waals surface area contributed by atoms with Crippen LogP contribution >= 0.6 is 34.8 Å². The molecular formula is C48H55BCl3NO15. The topological polar surface area (TPSA) is 208 Å². The van der Waals surface area contributed by atoms with Gasteiger partial charge in [0.2, 0.25) is 3.79 Å². The Morgan fingerprint density at radius 1 is 0.912 bits per heavy atom. The minimum absolute atomic E-state index is 0.0539. The second-order valence-corrected chi connectivity index (χ2v) is 22.0. The normalized spacial score (nSPS) is 33.8. The Bertz CT molecular complexity index is 2380. The van der Waals surface area contributed by atoms with Gasteiger partial charge in [-0.25, -0.2) is 9.59 Å². The van der Waals surface area contributed by atoms with E-state index in [4.69, 9.17) is 68.0 Å². The molecule has 16 nitrogen and oxygen atoms in total. The molecule has 11 atom stereocenters. The molecule has 0 aromatic heterocycles. The van der Waals surface area contributed by atoms with Crippen LogP contribution in [0.5, 0.6) is 0 Å². The Kier molecular flexibility index (Phi) is 14.3. The van der Waals surface area contributed by atoms with Crippen molar-refractivity contribution in [2.45, 2.75) is 132 Å². The summed E-state index contributed by atoms with van der Waals surface area (Å²) in [5.41, 5.74) is -7.79. The SMILES string of the molecule is CC(=O)OC1C(=O)[C@]2(C)C(OC(=O)OCC(Cl)(Cl)Cl)CC3OC[C@@]3(OC(C)=O)C2C(OC(=O)c2ccccc2)C2(O)C[C@H](CC(=O)C3OC(C)(C)N(CB=O)C3c3ccccc3)C(C)=C1C2(C)C. The van der Waals surface area contributed by atoms with Gasteiger partial charge in [0.15, 0.2) is 0 Å². The molecule has 8 unspecified atom stereocenters. The molecule has 2 saturated carbocycles. The number of esters is 3. The van der Waals surface area contributed by atoms with Crippen molar-refractivity contribution in [2.24, 2.45) is 22.7 Å². The van der Waals surface area contributed by atoms with Crippen LogP contribution in [-0.2, 0) is 57.0 Å². The minimum atomic E-state index is -2.33. The number of aliphatic hydroxyl groups is 1. The van der Waals surface area contributed by atoms with Crippen LogP contribution in [0.3, 0.4) is 0 Å². The van der Waals surface area contributed by atoms with E-state index in [9.17, 15) is 29.0 Å². The number of halogens is 3. The number of fused-ring (bicyclic) bond motifs is 5. The summed E-state index contributed by atoms with van der Waals surface area (Å²) in [5, 5.41) is 14.1. The summed E-state index contributed by atoms with van der Waals surface area (Å²) < 4.78 is 52.4. The van der Waals surface area contributed by atoms with Crippen molar-refractivity contribution in [1.82, 2.24) is 4.90 Å². The molecule has 2 aromatic carbocycles. The number of alkyl halides is 3. The van der Waals surface area contributed by atoms with Crippen molar-refractivity contribution >= 4 is 77.6 Å². The first-order chi connectivity index (χ1) is 31.7. The fourth-order valence-corrected chi connectivity index (χ4v) is 11.8. The van der Waals surface area contributed by atoms with Crippen LogP contribution in [0.25, 0.3) is 0 Å². The first-order valence-corrected chi connectivity index (χ1v) is 23.4. The third-order valence-electron chi connectivity index (χ3n) is 14.8. The summed E-state index contributed by atoms with van der Waals surface area (Å²) in [7, 11) is 0.736. The zero-order valence-corrected chi connectivity index (χ0v) is 41.2. The predicted octanol–water partition coefficient (Wildman–Crippen LogP) is 6.58. The summed E-state index contributed by atoms with van der Waals surface area (Å²) in [4.78, 5) is 87.7. The van der Waals surface area contributed by atoms with Gasteiger partial charge in [-0.2, -0.15) is 0 Å². The van der Waals surface area contributed by atoms with Gasteiger partial charge in [0.05, 0.1) is 12.2 Å². The van der Waals surface area contributed by atoms with Crippen molar-refractivity contribution in [3.05, 3.63) is 82.9 Å². The molecule has 7 rings (SSSR count). The second-order valence-electron chi connectivity index (χ2n) is 19.5. The number of hydrogen-bond donors (Lipinski definition) is 1. The van der Waals surface area contributed by atoms with Gasteiger partial charge in [0.1, 0.15) is 18.8 Å². The van der Waals surface area contributed by atoms with E-state index < -0.39 is 122 Å². The zero-order chi connectivity index (χ0) is 49.9. The van der Waals surface area contributed by atoms with E-state index in [1.165, 1.54) is 19.1 Å².